The molecule has 0 N–H and O–H groups in total. The van der Waals surface area contributed by atoms with Gasteiger partial charge in [0.2, 0.25) is 0 Å². The molecular weight excluding hydrogens is 391 g/mol. The molecule has 2 aromatic carbocycles. The largest absolute Gasteiger partial charge is 0.772 e. The van der Waals surface area contributed by atoms with Gasteiger partial charge in [-0.3, -0.25) is 9.00 Å². The average molecular weight is 411 g/mol. The maximum atomic E-state index is 13.5. The maximum absolute atomic E-state index is 13.5. The zero-order valence-corrected chi connectivity index (χ0v) is 16.5. The third kappa shape index (κ3) is 4.21. The van der Waals surface area contributed by atoms with Crippen molar-refractivity contribution < 1.29 is 13.2 Å². The lowest BCUT2D eigenvalue weighted by atomic mass is 9.96. The smallest absolute Gasteiger partial charge is 0.275 e. The summed E-state index contributed by atoms with van der Waals surface area (Å²) >= 11 is -2.16. The van der Waals surface area contributed by atoms with Crippen molar-refractivity contribution in [2.75, 3.05) is 0 Å². The highest BCUT2D eigenvalue weighted by molar-refractivity contribution is 7.78. The van der Waals surface area contributed by atoms with Crippen LogP contribution < -0.4 is 5.56 Å². The van der Waals surface area contributed by atoms with Crippen molar-refractivity contribution >= 4 is 11.1 Å². The van der Waals surface area contributed by atoms with Crippen LogP contribution in [0.2, 0.25) is 0 Å². The molecule has 4 rings (SSSR count). The van der Waals surface area contributed by atoms with Gasteiger partial charge in [-0.25, -0.2) is 9.07 Å². The van der Waals surface area contributed by atoms with Gasteiger partial charge in [-0.2, -0.15) is 5.10 Å². The number of hydrogen-bond acceptors (Lipinski definition) is 4. The molecule has 1 saturated carbocycles. The lowest BCUT2D eigenvalue weighted by Gasteiger charge is -2.17. The average Bonchev–Trinajstić information content (AvgIpc) is 3.23. The highest BCUT2D eigenvalue weighted by atomic mass is 32.2. The van der Waals surface area contributed by atoms with Gasteiger partial charge >= 0.3 is 0 Å². The molecule has 0 spiro atoms. The SMILES string of the molecule is O=c1c(-c2ccc(F)cc2)c(-c2ccc(CS(=O)[O-])cc2)cnn1C1CCCC1. The van der Waals surface area contributed by atoms with E-state index in [1.165, 1.54) is 12.1 Å². The van der Waals surface area contributed by atoms with E-state index in [0.717, 1.165) is 31.2 Å². The first-order chi connectivity index (χ1) is 14.0. The van der Waals surface area contributed by atoms with Crippen LogP contribution in [-0.2, 0) is 16.8 Å². The normalized spacial score (nSPS) is 15.5. The van der Waals surface area contributed by atoms with E-state index in [2.05, 4.69) is 5.10 Å². The van der Waals surface area contributed by atoms with Crippen molar-refractivity contribution in [1.29, 1.82) is 0 Å². The Hall–Kier alpha value is -2.64. The van der Waals surface area contributed by atoms with Gasteiger partial charge in [0.25, 0.3) is 5.56 Å². The number of rotatable bonds is 5. The van der Waals surface area contributed by atoms with Gasteiger partial charge in [-0.05, 0) is 41.7 Å². The Labute approximate surface area is 170 Å². The third-order valence-corrected chi connectivity index (χ3v) is 5.92. The summed E-state index contributed by atoms with van der Waals surface area (Å²) in [4.78, 5) is 13.4. The summed E-state index contributed by atoms with van der Waals surface area (Å²) in [6.07, 6.45) is 5.69. The van der Waals surface area contributed by atoms with Crippen LogP contribution in [0.15, 0.2) is 59.5 Å². The van der Waals surface area contributed by atoms with E-state index in [1.54, 1.807) is 47.3 Å². The second-order valence-corrected chi connectivity index (χ2v) is 8.17. The van der Waals surface area contributed by atoms with Crippen LogP contribution in [0.1, 0.15) is 37.3 Å². The van der Waals surface area contributed by atoms with Crippen LogP contribution in [0.25, 0.3) is 22.3 Å². The summed E-state index contributed by atoms with van der Waals surface area (Å²) in [7, 11) is 0. The predicted molar refractivity (Wildman–Crippen MR) is 109 cm³/mol. The van der Waals surface area contributed by atoms with Crippen LogP contribution in [0, 0.1) is 5.82 Å². The first kappa shape index (κ1) is 19.7. The highest BCUT2D eigenvalue weighted by Gasteiger charge is 2.22. The minimum atomic E-state index is -2.16. The summed E-state index contributed by atoms with van der Waals surface area (Å²) in [5, 5.41) is 4.44. The Morgan fingerprint density at radius 1 is 1.03 bits per heavy atom. The molecule has 5 nitrogen and oxygen atoms in total. The maximum Gasteiger partial charge on any atom is 0.275 e. The monoisotopic (exact) mass is 411 g/mol. The standard InChI is InChI=1S/C22H21FN2O3S/c23-18-11-9-17(10-12-18)21-20(16-7-5-15(6-8-16)14-29(27)28)13-24-25(22(21)26)19-3-1-2-4-19/h5-13,19H,1-4,14H2,(H,27,28)/p-1. The first-order valence-corrected chi connectivity index (χ1v) is 10.8. The minimum absolute atomic E-state index is 0.0629. The van der Waals surface area contributed by atoms with E-state index in [0.29, 0.717) is 22.3 Å². The topological polar surface area (TPSA) is 75.0 Å². The fourth-order valence-corrected chi connectivity index (χ4v) is 4.37. The lowest BCUT2D eigenvalue weighted by molar-refractivity contribution is 0.445. The molecule has 0 aliphatic heterocycles. The molecule has 29 heavy (non-hydrogen) atoms. The van der Waals surface area contributed by atoms with Gasteiger partial charge in [0.1, 0.15) is 5.82 Å². The van der Waals surface area contributed by atoms with Gasteiger partial charge in [0, 0.05) is 11.3 Å². The first-order valence-electron chi connectivity index (χ1n) is 9.56. The molecule has 0 saturated heterocycles. The summed E-state index contributed by atoms with van der Waals surface area (Å²) in [5.41, 5.74) is 2.99. The Balaban J connectivity index is 1.84. The second-order valence-electron chi connectivity index (χ2n) is 7.27. The Bertz CT molecular complexity index is 1090. The van der Waals surface area contributed by atoms with E-state index in [-0.39, 0.29) is 23.2 Å². The van der Waals surface area contributed by atoms with Crippen molar-refractivity contribution in [3.63, 3.8) is 0 Å². The number of aromatic nitrogens is 2. The Morgan fingerprint density at radius 2 is 1.66 bits per heavy atom. The molecule has 1 aliphatic rings. The van der Waals surface area contributed by atoms with Crippen LogP contribution in [0.3, 0.4) is 0 Å². The highest BCUT2D eigenvalue weighted by Crippen LogP contribution is 2.32. The van der Waals surface area contributed by atoms with Crippen LogP contribution in [-0.4, -0.2) is 18.5 Å². The fourth-order valence-electron chi connectivity index (χ4n) is 3.91. The molecule has 150 valence electrons. The van der Waals surface area contributed by atoms with Gasteiger partial charge in [-0.15, -0.1) is 0 Å². The van der Waals surface area contributed by atoms with Crippen molar-refractivity contribution in [2.45, 2.75) is 37.5 Å². The molecule has 0 amide bonds. The van der Waals surface area contributed by atoms with Crippen molar-refractivity contribution in [3.8, 4) is 22.3 Å². The molecule has 1 heterocycles. The minimum Gasteiger partial charge on any atom is -0.772 e. The summed E-state index contributed by atoms with van der Waals surface area (Å²) in [5.74, 6) is -0.428. The van der Waals surface area contributed by atoms with E-state index < -0.39 is 11.1 Å². The van der Waals surface area contributed by atoms with Crippen LogP contribution in [0.4, 0.5) is 4.39 Å². The molecule has 1 atom stereocenters. The van der Waals surface area contributed by atoms with Crippen LogP contribution >= 0.6 is 0 Å². The fraction of sp³-hybridized carbons (Fsp3) is 0.273. The molecule has 1 unspecified atom stereocenters. The molecule has 7 heteroatoms. The molecule has 0 bridgehead atoms. The Kier molecular flexibility index (Phi) is 5.69. The zero-order chi connectivity index (χ0) is 20.4. The molecular formula is C22H20FN2O3S-. The van der Waals surface area contributed by atoms with Crippen molar-refractivity contribution in [2.24, 2.45) is 0 Å². The Morgan fingerprint density at radius 3 is 2.28 bits per heavy atom. The molecule has 1 aromatic heterocycles. The molecule has 0 radical (unpaired) electrons. The second kappa shape index (κ2) is 8.39. The van der Waals surface area contributed by atoms with E-state index >= 15 is 0 Å². The number of hydrogen-bond donors (Lipinski definition) is 0. The van der Waals surface area contributed by atoms with E-state index in [9.17, 15) is 17.9 Å². The summed E-state index contributed by atoms with van der Waals surface area (Å²) < 4.78 is 36.8. The summed E-state index contributed by atoms with van der Waals surface area (Å²) in [6.45, 7) is 0. The zero-order valence-electron chi connectivity index (χ0n) is 15.7. The third-order valence-electron chi connectivity index (χ3n) is 5.36. The van der Waals surface area contributed by atoms with Crippen molar-refractivity contribution in [3.05, 3.63) is 76.5 Å². The van der Waals surface area contributed by atoms with Gasteiger partial charge in [0.15, 0.2) is 0 Å². The number of nitrogens with zero attached hydrogens (tertiary/aromatic N) is 2. The summed E-state index contributed by atoms with van der Waals surface area (Å²) in [6, 6.07) is 13.0. The molecule has 1 fully saturated rings. The number of benzene rings is 2. The predicted octanol–water partition coefficient (Wildman–Crippen LogP) is 4.21. The van der Waals surface area contributed by atoms with Crippen molar-refractivity contribution in [1.82, 2.24) is 9.78 Å². The number of halogens is 1. The molecule has 3 aromatic rings. The van der Waals surface area contributed by atoms with Gasteiger partial charge in [-0.1, -0.05) is 60.3 Å². The molecule has 1 aliphatic carbocycles. The quantitative estimate of drug-likeness (QED) is 0.590. The van der Waals surface area contributed by atoms with E-state index in [1.807, 2.05) is 0 Å². The van der Waals surface area contributed by atoms with Crippen LogP contribution in [0.5, 0.6) is 0 Å². The van der Waals surface area contributed by atoms with Gasteiger partial charge in [0.05, 0.1) is 17.8 Å². The lowest BCUT2D eigenvalue weighted by Crippen LogP contribution is -2.27. The van der Waals surface area contributed by atoms with Gasteiger partial charge < -0.3 is 4.55 Å². The van der Waals surface area contributed by atoms with E-state index in [4.69, 9.17) is 0 Å².